The number of hydrogen-bond acceptors (Lipinski definition) is 0. The van der Waals surface area contributed by atoms with Gasteiger partial charge in [0.05, 0.1) is 0 Å². The van der Waals surface area contributed by atoms with Crippen molar-refractivity contribution in [3.05, 3.63) is 60.2 Å². The minimum absolute atomic E-state index is 0. The summed E-state index contributed by atoms with van der Waals surface area (Å²) in [5.41, 5.74) is 2.08. The Kier molecular flexibility index (Phi) is 6.14. The molecule has 0 heterocycles. The fourth-order valence-electron chi connectivity index (χ4n) is 1.78. The van der Waals surface area contributed by atoms with E-state index in [1.165, 1.54) is 6.07 Å². The van der Waals surface area contributed by atoms with E-state index in [0.29, 0.717) is 5.56 Å². The molecule has 0 amide bonds. The molecule has 0 N–H and O–H groups in total. The SMILES string of the molecule is F[B-](F)(F)Cc1cccc(-c2ccccc2)c1.[K+]. The largest absolute Gasteiger partial charge is 1.00 e. The fraction of sp³-hybridized carbons (Fsp3) is 0.0769. The average molecular weight is 274 g/mol. The van der Waals surface area contributed by atoms with Gasteiger partial charge in [-0.25, -0.2) is 0 Å². The van der Waals surface area contributed by atoms with E-state index in [0.717, 1.165) is 11.1 Å². The third-order valence-electron chi connectivity index (χ3n) is 2.50. The van der Waals surface area contributed by atoms with E-state index in [4.69, 9.17) is 0 Å². The van der Waals surface area contributed by atoms with Gasteiger partial charge in [-0.05, 0) is 11.1 Å². The van der Waals surface area contributed by atoms with E-state index in [1.54, 1.807) is 12.1 Å². The fourth-order valence-corrected chi connectivity index (χ4v) is 1.78. The van der Waals surface area contributed by atoms with Crippen LogP contribution in [0.25, 0.3) is 11.1 Å². The van der Waals surface area contributed by atoms with Crippen LogP contribution in [-0.4, -0.2) is 6.98 Å². The van der Waals surface area contributed by atoms with Crippen LogP contribution in [0, 0.1) is 0 Å². The molecule has 0 nitrogen and oxygen atoms in total. The van der Waals surface area contributed by atoms with E-state index < -0.39 is 13.3 Å². The first kappa shape index (κ1) is 16.0. The molecule has 0 atom stereocenters. The molecule has 2 rings (SSSR count). The van der Waals surface area contributed by atoms with Crippen LogP contribution in [0.1, 0.15) is 5.56 Å². The van der Waals surface area contributed by atoms with E-state index in [9.17, 15) is 12.9 Å². The van der Waals surface area contributed by atoms with Crippen molar-refractivity contribution in [3.8, 4) is 11.1 Å². The molecule has 0 aliphatic heterocycles. The van der Waals surface area contributed by atoms with Crippen LogP contribution in [-0.2, 0) is 6.32 Å². The Balaban J connectivity index is 0.00000162. The van der Waals surface area contributed by atoms with E-state index in [1.807, 2.05) is 36.4 Å². The maximum absolute atomic E-state index is 12.3. The van der Waals surface area contributed by atoms with Crippen molar-refractivity contribution in [1.29, 1.82) is 0 Å². The summed E-state index contributed by atoms with van der Waals surface area (Å²) in [4.78, 5) is 0. The van der Waals surface area contributed by atoms with Crippen LogP contribution >= 0.6 is 0 Å². The summed E-state index contributed by atoms with van der Waals surface area (Å²) < 4.78 is 37.0. The van der Waals surface area contributed by atoms with Crippen molar-refractivity contribution >= 4 is 6.98 Å². The van der Waals surface area contributed by atoms with Crippen molar-refractivity contribution in [1.82, 2.24) is 0 Å². The molecule has 0 aliphatic carbocycles. The second-order valence-corrected chi connectivity index (χ2v) is 3.98. The molecule has 0 fully saturated rings. The van der Waals surface area contributed by atoms with Gasteiger partial charge >= 0.3 is 58.4 Å². The van der Waals surface area contributed by atoms with E-state index in [2.05, 4.69) is 0 Å². The van der Waals surface area contributed by atoms with Gasteiger partial charge in [0.2, 0.25) is 0 Å². The van der Waals surface area contributed by atoms with Gasteiger partial charge < -0.3 is 12.9 Å². The predicted molar refractivity (Wildman–Crippen MR) is 64.7 cm³/mol. The number of benzene rings is 2. The number of rotatable bonds is 3. The quantitative estimate of drug-likeness (QED) is 0.740. The molecule has 18 heavy (non-hydrogen) atoms. The minimum Gasteiger partial charge on any atom is -0.449 e. The zero-order valence-corrected chi connectivity index (χ0v) is 13.2. The van der Waals surface area contributed by atoms with Crippen LogP contribution in [0.5, 0.6) is 0 Å². The summed E-state index contributed by atoms with van der Waals surface area (Å²) in [6, 6.07) is 16.0. The zero-order chi connectivity index (χ0) is 12.3. The molecule has 0 spiro atoms. The molecule has 2 aromatic carbocycles. The average Bonchev–Trinajstić information content (AvgIpc) is 2.28. The topological polar surface area (TPSA) is 0 Å². The van der Waals surface area contributed by atoms with Crippen LogP contribution in [0.3, 0.4) is 0 Å². The van der Waals surface area contributed by atoms with Crippen LogP contribution < -0.4 is 51.4 Å². The van der Waals surface area contributed by atoms with Gasteiger partial charge in [-0.15, -0.1) is 0 Å². The molecule has 0 aliphatic rings. The van der Waals surface area contributed by atoms with Crippen LogP contribution in [0.2, 0.25) is 0 Å². The first-order chi connectivity index (χ1) is 8.04. The molecule has 5 heteroatoms. The Morgan fingerprint density at radius 3 is 2.00 bits per heavy atom. The van der Waals surface area contributed by atoms with Crippen molar-refractivity contribution in [2.45, 2.75) is 6.32 Å². The summed E-state index contributed by atoms with van der Waals surface area (Å²) in [5.74, 6) is 0. The Morgan fingerprint density at radius 1 is 0.778 bits per heavy atom. The zero-order valence-electron chi connectivity index (χ0n) is 10.1. The molecule has 0 unspecified atom stereocenters. The molecule has 0 bridgehead atoms. The van der Waals surface area contributed by atoms with Gasteiger partial charge in [-0.2, -0.15) is 0 Å². The Labute approximate surface area is 147 Å². The molecule has 0 radical (unpaired) electrons. The van der Waals surface area contributed by atoms with Gasteiger partial charge in [-0.3, -0.25) is 0 Å². The number of halogens is 3. The Morgan fingerprint density at radius 2 is 1.39 bits per heavy atom. The molecule has 0 saturated carbocycles. The van der Waals surface area contributed by atoms with Gasteiger partial charge in [0, 0.05) is 0 Å². The molecular formula is C13H11BF3K. The van der Waals surface area contributed by atoms with E-state index in [-0.39, 0.29) is 51.4 Å². The number of hydrogen-bond donors (Lipinski definition) is 0. The van der Waals surface area contributed by atoms with Gasteiger partial charge in [0.25, 0.3) is 0 Å². The summed E-state index contributed by atoms with van der Waals surface area (Å²) >= 11 is 0. The smallest absolute Gasteiger partial charge is 0.449 e. The molecule has 0 aromatic heterocycles. The van der Waals surface area contributed by atoms with Crippen molar-refractivity contribution in [2.24, 2.45) is 0 Å². The Hall–Kier alpha value is -0.0687. The van der Waals surface area contributed by atoms with Gasteiger partial charge in [-0.1, -0.05) is 66.5 Å². The summed E-state index contributed by atoms with van der Waals surface area (Å²) in [6.45, 7) is -4.77. The predicted octanol–water partition coefficient (Wildman–Crippen LogP) is 1.29. The summed E-state index contributed by atoms with van der Waals surface area (Å²) in [6.07, 6.45) is -0.819. The third kappa shape index (κ3) is 4.90. The first-order valence-corrected chi connectivity index (χ1v) is 5.40. The molecule has 0 saturated heterocycles. The maximum Gasteiger partial charge on any atom is 1.00 e. The normalized spacial score (nSPS) is 10.8. The summed E-state index contributed by atoms with van der Waals surface area (Å²) in [5, 5.41) is 0. The molecule has 88 valence electrons. The standard InChI is InChI=1S/C13H11BF3.K/c15-14(16,17)10-11-5-4-8-13(9-11)12-6-2-1-3-7-12;/h1-9H,10H2;/q-1;+1. The van der Waals surface area contributed by atoms with E-state index >= 15 is 0 Å². The van der Waals surface area contributed by atoms with Crippen molar-refractivity contribution in [3.63, 3.8) is 0 Å². The third-order valence-corrected chi connectivity index (χ3v) is 2.50. The minimum atomic E-state index is -4.77. The van der Waals surface area contributed by atoms with Crippen molar-refractivity contribution in [2.75, 3.05) is 0 Å². The second kappa shape index (κ2) is 6.91. The molecular weight excluding hydrogens is 263 g/mol. The first-order valence-electron chi connectivity index (χ1n) is 5.40. The second-order valence-electron chi connectivity index (χ2n) is 3.98. The Bertz CT molecular complexity index is 497. The maximum atomic E-state index is 12.3. The van der Waals surface area contributed by atoms with Crippen molar-refractivity contribution < 1.29 is 64.3 Å². The monoisotopic (exact) mass is 274 g/mol. The van der Waals surface area contributed by atoms with Crippen LogP contribution in [0.15, 0.2) is 54.6 Å². The van der Waals surface area contributed by atoms with Gasteiger partial charge in [0.1, 0.15) is 0 Å². The van der Waals surface area contributed by atoms with Crippen LogP contribution in [0.4, 0.5) is 12.9 Å². The molecule has 2 aromatic rings. The summed E-state index contributed by atoms with van der Waals surface area (Å²) in [7, 11) is 0. The van der Waals surface area contributed by atoms with Gasteiger partial charge in [0.15, 0.2) is 0 Å².